The maximum atomic E-state index is 13.5. The number of pyridine rings is 1. The lowest BCUT2D eigenvalue weighted by atomic mass is 10.1. The summed E-state index contributed by atoms with van der Waals surface area (Å²) in [6, 6.07) is 11.4. The molecule has 2 aromatic heterocycles. The second-order valence-corrected chi connectivity index (χ2v) is 8.52. The highest BCUT2D eigenvalue weighted by Crippen LogP contribution is 2.21. The SMILES string of the molecule is CCc1noc(C)c1C(=O)N1CC(=O)N(Cc2ccc(OC)cc2)CC(OCc2cccnc2)C1. The molecule has 0 N–H and O–H groups in total. The van der Waals surface area contributed by atoms with Gasteiger partial charge in [-0.25, -0.2) is 0 Å². The molecule has 0 bridgehead atoms. The van der Waals surface area contributed by atoms with E-state index in [1.165, 1.54) is 0 Å². The van der Waals surface area contributed by atoms with Gasteiger partial charge >= 0.3 is 0 Å². The first-order valence-corrected chi connectivity index (χ1v) is 11.6. The summed E-state index contributed by atoms with van der Waals surface area (Å²) in [6.45, 7) is 4.95. The van der Waals surface area contributed by atoms with Gasteiger partial charge in [-0.05, 0) is 42.7 Å². The Morgan fingerprint density at radius 2 is 1.97 bits per heavy atom. The number of aromatic nitrogens is 2. The number of nitrogens with zero attached hydrogens (tertiary/aromatic N) is 4. The van der Waals surface area contributed by atoms with Crippen molar-refractivity contribution in [3.8, 4) is 5.75 Å². The van der Waals surface area contributed by atoms with E-state index in [0.29, 0.717) is 43.1 Å². The Morgan fingerprint density at radius 3 is 2.66 bits per heavy atom. The van der Waals surface area contributed by atoms with Crippen LogP contribution in [-0.2, 0) is 29.1 Å². The molecule has 1 aromatic carbocycles. The van der Waals surface area contributed by atoms with Crippen molar-refractivity contribution in [1.29, 1.82) is 0 Å². The molecule has 1 fully saturated rings. The fraction of sp³-hybridized carbons (Fsp3) is 0.385. The minimum Gasteiger partial charge on any atom is -0.497 e. The molecule has 0 radical (unpaired) electrons. The van der Waals surface area contributed by atoms with Gasteiger partial charge in [0, 0.05) is 32.0 Å². The van der Waals surface area contributed by atoms with Crippen LogP contribution in [0.5, 0.6) is 5.75 Å². The Labute approximate surface area is 204 Å². The highest BCUT2D eigenvalue weighted by molar-refractivity contribution is 5.98. The summed E-state index contributed by atoms with van der Waals surface area (Å²) in [5.41, 5.74) is 2.90. The minimum atomic E-state index is -0.380. The summed E-state index contributed by atoms with van der Waals surface area (Å²) in [4.78, 5) is 34.2. The molecule has 184 valence electrons. The first kappa shape index (κ1) is 24.4. The quantitative estimate of drug-likeness (QED) is 0.491. The minimum absolute atomic E-state index is 0.0461. The van der Waals surface area contributed by atoms with Crippen molar-refractivity contribution in [2.24, 2.45) is 0 Å². The molecule has 0 spiro atoms. The molecule has 1 aliphatic rings. The molecular formula is C26H30N4O5. The molecule has 1 saturated heterocycles. The van der Waals surface area contributed by atoms with E-state index < -0.39 is 0 Å². The van der Waals surface area contributed by atoms with Crippen LogP contribution in [0.3, 0.4) is 0 Å². The fourth-order valence-electron chi connectivity index (χ4n) is 4.13. The van der Waals surface area contributed by atoms with Crippen LogP contribution in [0.25, 0.3) is 0 Å². The summed E-state index contributed by atoms with van der Waals surface area (Å²) in [7, 11) is 1.62. The summed E-state index contributed by atoms with van der Waals surface area (Å²) in [6.07, 6.45) is 3.63. The van der Waals surface area contributed by atoms with Gasteiger partial charge in [-0.2, -0.15) is 0 Å². The normalized spacial score (nSPS) is 16.3. The molecule has 35 heavy (non-hydrogen) atoms. The first-order valence-electron chi connectivity index (χ1n) is 11.6. The van der Waals surface area contributed by atoms with E-state index in [1.54, 1.807) is 36.2 Å². The van der Waals surface area contributed by atoms with Crippen LogP contribution >= 0.6 is 0 Å². The Kier molecular flexibility index (Phi) is 7.77. The van der Waals surface area contributed by atoms with Crippen molar-refractivity contribution in [3.63, 3.8) is 0 Å². The number of carbonyl (C=O) groups excluding carboxylic acids is 2. The van der Waals surface area contributed by atoms with Crippen LogP contribution in [0.4, 0.5) is 0 Å². The number of amides is 2. The number of hydrogen-bond acceptors (Lipinski definition) is 7. The van der Waals surface area contributed by atoms with Gasteiger partial charge in [-0.3, -0.25) is 14.6 Å². The van der Waals surface area contributed by atoms with Gasteiger partial charge in [0.05, 0.1) is 25.5 Å². The zero-order chi connectivity index (χ0) is 24.8. The van der Waals surface area contributed by atoms with Crippen molar-refractivity contribution in [2.45, 2.75) is 39.5 Å². The van der Waals surface area contributed by atoms with E-state index in [4.69, 9.17) is 14.0 Å². The monoisotopic (exact) mass is 478 g/mol. The zero-order valence-electron chi connectivity index (χ0n) is 20.3. The second-order valence-electron chi connectivity index (χ2n) is 8.52. The number of benzene rings is 1. The number of hydrogen-bond donors (Lipinski definition) is 0. The molecule has 0 aliphatic carbocycles. The van der Waals surface area contributed by atoms with Crippen molar-refractivity contribution in [3.05, 3.63) is 76.9 Å². The maximum Gasteiger partial charge on any atom is 0.259 e. The van der Waals surface area contributed by atoms with Gasteiger partial charge in [0.15, 0.2) is 0 Å². The van der Waals surface area contributed by atoms with Crippen molar-refractivity contribution in [1.82, 2.24) is 19.9 Å². The van der Waals surface area contributed by atoms with Gasteiger partial charge in [0.2, 0.25) is 5.91 Å². The Bertz CT molecular complexity index is 1150. The molecule has 9 heteroatoms. The molecule has 3 heterocycles. The third-order valence-corrected chi connectivity index (χ3v) is 6.04. The van der Waals surface area contributed by atoms with Crippen LogP contribution in [0.2, 0.25) is 0 Å². The van der Waals surface area contributed by atoms with Crippen LogP contribution in [0.1, 0.15) is 39.9 Å². The molecule has 3 aromatic rings. The molecular weight excluding hydrogens is 448 g/mol. The topological polar surface area (TPSA) is 98.0 Å². The van der Waals surface area contributed by atoms with E-state index >= 15 is 0 Å². The number of ether oxygens (including phenoxy) is 2. The predicted molar refractivity (Wildman–Crippen MR) is 128 cm³/mol. The van der Waals surface area contributed by atoms with Gasteiger partial charge in [0.1, 0.15) is 23.6 Å². The maximum absolute atomic E-state index is 13.5. The van der Waals surface area contributed by atoms with Crippen molar-refractivity contribution < 1.29 is 23.6 Å². The standard InChI is InChI=1S/C26H30N4O5/c1-4-23-25(18(2)35-28-23)26(32)30-15-22(34-17-20-6-5-11-27-12-20)14-29(24(31)16-30)13-19-7-9-21(33-3)10-8-19/h5-12,22H,4,13-17H2,1-3H3. The van der Waals surface area contributed by atoms with Gasteiger partial charge in [-0.1, -0.05) is 30.3 Å². The number of carbonyl (C=O) groups is 2. The fourth-order valence-corrected chi connectivity index (χ4v) is 4.13. The number of rotatable bonds is 8. The zero-order valence-corrected chi connectivity index (χ0v) is 20.3. The van der Waals surface area contributed by atoms with E-state index in [-0.39, 0.29) is 31.0 Å². The van der Waals surface area contributed by atoms with Gasteiger partial charge in [0.25, 0.3) is 5.91 Å². The molecule has 1 atom stereocenters. The van der Waals surface area contributed by atoms with Crippen LogP contribution in [-0.4, -0.2) is 64.6 Å². The third kappa shape index (κ3) is 5.86. The lowest BCUT2D eigenvalue weighted by molar-refractivity contribution is -0.132. The first-order chi connectivity index (χ1) is 17.0. The largest absolute Gasteiger partial charge is 0.497 e. The Hall–Kier alpha value is -3.72. The van der Waals surface area contributed by atoms with E-state index in [1.807, 2.05) is 43.3 Å². The van der Waals surface area contributed by atoms with Gasteiger partial charge in [-0.15, -0.1) is 0 Å². The average molecular weight is 479 g/mol. The summed E-state index contributed by atoms with van der Waals surface area (Å²) in [5, 5.41) is 4.01. The van der Waals surface area contributed by atoms with Crippen molar-refractivity contribution in [2.75, 3.05) is 26.7 Å². The third-order valence-electron chi connectivity index (χ3n) is 6.04. The Morgan fingerprint density at radius 1 is 1.17 bits per heavy atom. The smallest absolute Gasteiger partial charge is 0.259 e. The molecule has 0 saturated carbocycles. The lowest BCUT2D eigenvalue weighted by Crippen LogP contribution is -2.40. The second kappa shape index (κ2) is 11.1. The highest BCUT2D eigenvalue weighted by atomic mass is 16.5. The Balaban J connectivity index is 1.56. The van der Waals surface area contributed by atoms with E-state index in [0.717, 1.165) is 16.9 Å². The lowest BCUT2D eigenvalue weighted by Gasteiger charge is -2.25. The summed E-state index contributed by atoms with van der Waals surface area (Å²) < 4.78 is 16.7. The van der Waals surface area contributed by atoms with Gasteiger partial charge < -0.3 is 23.8 Å². The summed E-state index contributed by atoms with van der Waals surface area (Å²) >= 11 is 0. The van der Waals surface area contributed by atoms with Crippen LogP contribution in [0, 0.1) is 6.92 Å². The highest BCUT2D eigenvalue weighted by Gasteiger charge is 2.33. The molecule has 1 unspecified atom stereocenters. The van der Waals surface area contributed by atoms with Crippen LogP contribution in [0.15, 0.2) is 53.3 Å². The van der Waals surface area contributed by atoms with Crippen molar-refractivity contribution >= 4 is 11.8 Å². The summed E-state index contributed by atoms with van der Waals surface area (Å²) in [5.74, 6) is 0.789. The van der Waals surface area contributed by atoms with Crippen LogP contribution < -0.4 is 4.74 Å². The number of aryl methyl sites for hydroxylation is 2. The molecule has 9 nitrogen and oxygen atoms in total. The number of methoxy groups -OCH3 is 1. The average Bonchev–Trinajstić information content (AvgIpc) is 3.18. The molecule has 4 rings (SSSR count). The van der Waals surface area contributed by atoms with E-state index in [2.05, 4.69) is 10.1 Å². The predicted octanol–water partition coefficient (Wildman–Crippen LogP) is 3.02. The molecule has 1 aliphatic heterocycles. The van der Waals surface area contributed by atoms with E-state index in [9.17, 15) is 9.59 Å². The molecule has 2 amide bonds.